The number of methoxy groups -OCH3 is 1. The number of nitrogens with zero attached hydrogens (tertiary/aromatic N) is 2. The zero-order valence-corrected chi connectivity index (χ0v) is 16.8. The molecule has 7 nitrogen and oxygen atoms in total. The average Bonchev–Trinajstić information content (AvgIpc) is 2.64. The van der Waals surface area contributed by atoms with Crippen LogP contribution in [0.3, 0.4) is 0 Å². The van der Waals surface area contributed by atoms with Gasteiger partial charge >= 0.3 is 0 Å². The van der Waals surface area contributed by atoms with Crippen molar-refractivity contribution in [1.82, 2.24) is 10.3 Å². The number of carbonyl (C=O) groups is 2. The molecule has 0 aliphatic carbocycles. The Balaban J connectivity index is 1.74. The fourth-order valence-electron chi connectivity index (χ4n) is 2.55. The van der Waals surface area contributed by atoms with Crippen LogP contribution in [0.2, 0.25) is 5.02 Å². The van der Waals surface area contributed by atoms with Crippen LogP contribution in [-0.2, 0) is 4.79 Å². The summed E-state index contributed by atoms with van der Waals surface area (Å²) < 4.78 is 6.06. The van der Waals surface area contributed by atoms with Gasteiger partial charge in [-0.2, -0.15) is 0 Å². The predicted octanol–water partition coefficient (Wildman–Crippen LogP) is 2.54. The lowest BCUT2D eigenvalue weighted by Crippen LogP contribution is -2.48. The molecule has 2 amide bonds. The number of benzene rings is 1. The van der Waals surface area contributed by atoms with Crippen molar-refractivity contribution in [2.45, 2.75) is 0 Å². The summed E-state index contributed by atoms with van der Waals surface area (Å²) in [5.74, 6) is 0.762. The van der Waals surface area contributed by atoms with Crippen LogP contribution in [0.15, 0.2) is 30.5 Å². The maximum Gasteiger partial charge on any atom is 0.259 e. The second-order valence-electron chi connectivity index (χ2n) is 5.60. The third-order valence-corrected chi connectivity index (χ3v) is 5.38. The maximum absolute atomic E-state index is 12.5. The molecule has 26 heavy (non-hydrogen) atoms. The summed E-state index contributed by atoms with van der Waals surface area (Å²) in [5, 5.41) is 6.03. The Morgan fingerprint density at radius 2 is 2.23 bits per heavy atom. The first kappa shape index (κ1) is 18.7. The topological polar surface area (TPSA) is 83.6 Å². The Morgan fingerprint density at radius 1 is 1.42 bits per heavy atom. The summed E-state index contributed by atoms with van der Waals surface area (Å²) in [7, 11) is 1.50. The van der Waals surface area contributed by atoms with E-state index in [4.69, 9.17) is 16.3 Å². The van der Waals surface area contributed by atoms with E-state index in [-0.39, 0.29) is 18.4 Å². The molecule has 3 rings (SSSR count). The van der Waals surface area contributed by atoms with E-state index in [0.717, 1.165) is 3.57 Å². The van der Waals surface area contributed by atoms with E-state index in [1.165, 1.54) is 7.11 Å². The van der Waals surface area contributed by atoms with Crippen LogP contribution in [0, 0.1) is 3.57 Å². The lowest BCUT2D eigenvalue weighted by Gasteiger charge is -2.27. The number of halogens is 2. The third-order valence-electron chi connectivity index (χ3n) is 3.86. The van der Waals surface area contributed by atoms with Gasteiger partial charge < -0.3 is 20.3 Å². The first-order valence-electron chi connectivity index (χ1n) is 7.80. The highest BCUT2D eigenvalue weighted by Gasteiger charge is 2.18. The lowest BCUT2D eigenvalue weighted by molar-refractivity contribution is -0.120. The first-order chi connectivity index (χ1) is 12.5. The number of carbonyl (C=O) groups excluding carboxylic acids is 2. The number of piperazine rings is 1. The average molecular weight is 487 g/mol. The van der Waals surface area contributed by atoms with Gasteiger partial charge in [0.2, 0.25) is 5.91 Å². The molecule has 1 aromatic heterocycles. The minimum Gasteiger partial charge on any atom is -0.496 e. The summed E-state index contributed by atoms with van der Waals surface area (Å²) in [5.41, 5.74) is 0.881. The molecule has 2 N–H and O–H groups in total. The summed E-state index contributed by atoms with van der Waals surface area (Å²) in [6.45, 7) is 1.56. The van der Waals surface area contributed by atoms with Crippen LogP contribution >= 0.6 is 34.2 Å². The van der Waals surface area contributed by atoms with E-state index < -0.39 is 0 Å². The van der Waals surface area contributed by atoms with Gasteiger partial charge in [0.15, 0.2) is 0 Å². The molecule has 1 aromatic carbocycles. The summed E-state index contributed by atoms with van der Waals surface area (Å²) >= 11 is 8.19. The molecule has 0 saturated carbocycles. The van der Waals surface area contributed by atoms with Gasteiger partial charge in [-0.1, -0.05) is 11.6 Å². The van der Waals surface area contributed by atoms with Crippen LogP contribution in [0.4, 0.5) is 11.5 Å². The van der Waals surface area contributed by atoms with Crippen LogP contribution in [0.25, 0.3) is 0 Å². The van der Waals surface area contributed by atoms with Crippen LogP contribution in [-0.4, -0.2) is 43.5 Å². The van der Waals surface area contributed by atoms with E-state index >= 15 is 0 Å². The number of rotatable bonds is 4. The zero-order valence-electron chi connectivity index (χ0n) is 13.9. The minimum atomic E-state index is -0.341. The molecule has 1 aliphatic rings. The SMILES string of the molecule is COc1cc(I)c(Cl)cc1C(=O)Nc1ccc(N2CCNC(=O)C2)nc1. The van der Waals surface area contributed by atoms with Gasteiger partial charge in [0, 0.05) is 16.7 Å². The first-order valence-corrected chi connectivity index (χ1v) is 9.25. The Kier molecular flexibility index (Phi) is 5.82. The van der Waals surface area contributed by atoms with E-state index in [9.17, 15) is 9.59 Å². The van der Waals surface area contributed by atoms with Crippen molar-refractivity contribution in [2.75, 3.05) is 37.0 Å². The van der Waals surface area contributed by atoms with E-state index in [1.807, 2.05) is 4.90 Å². The Hall–Kier alpha value is -2.07. The smallest absolute Gasteiger partial charge is 0.259 e. The fourth-order valence-corrected chi connectivity index (χ4v) is 3.16. The molecule has 9 heteroatoms. The molecule has 0 unspecified atom stereocenters. The molecule has 136 valence electrons. The Morgan fingerprint density at radius 3 is 2.88 bits per heavy atom. The number of nitrogens with one attached hydrogen (secondary N) is 2. The number of anilines is 2. The lowest BCUT2D eigenvalue weighted by atomic mass is 10.2. The van der Waals surface area contributed by atoms with Gasteiger partial charge in [-0.15, -0.1) is 0 Å². The van der Waals surface area contributed by atoms with Crippen molar-refractivity contribution in [3.63, 3.8) is 0 Å². The largest absolute Gasteiger partial charge is 0.496 e. The highest BCUT2D eigenvalue weighted by Crippen LogP contribution is 2.29. The van der Waals surface area contributed by atoms with Gasteiger partial charge in [0.05, 0.1) is 36.1 Å². The van der Waals surface area contributed by atoms with Gasteiger partial charge in [0.1, 0.15) is 11.6 Å². The molecule has 2 heterocycles. The van der Waals surface area contributed by atoms with Crippen molar-refractivity contribution in [3.05, 3.63) is 44.6 Å². The van der Waals surface area contributed by atoms with Crippen molar-refractivity contribution in [3.8, 4) is 5.75 Å². The molecule has 1 fully saturated rings. The standard InChI is InChI=1S/C17H16ClIN4O3/c1-26-14-7-13(19)12(18)6-11(14)17(25)22-10-2-3-15(21-8-10)23-5-4-20-16(24)9-23/h2-3,6-8H,4-5,9H2,1H3,(H,20,24)(H,22,25). The van der Waals surface area contributed by atoms with E-state index in [0.29, 0.717) is 40.9 Å². The molecule has 1 saturated heterocycles. The van der Waals surface area contributed by atoms with Crippen molar-refractivity contribution < 1.29 is 14.3 Å². The highest BCUT2D eigenvalue weighted by atomic mass is 127. The van der Waals surface area contributed by atoms with Crippen molar-refractivity contribution in [1.29, 1.82) is 0 Å². The van der Waals surface area contributed by atoms with E-state index in [1.54, 1.807) is 30.5 Å². The summed E-state index contributed by atoms with van der Waals surface area (Å²) in [4.78, 5) is 30.2. The van der Waals surface area contributed by atoms with Crippen LogP contribution in [0.1, 0.15) is 10.4 Å². The molecular formula is C17H16ClIN4O3. The molecule has 0 radical (unpaired) electrons. The third kappa shape index (κ3) is 4.18. The normalized spacial score (nSPS) is 14.0. The molecule has 0 bridgehead atoms. The molecule has 0 spiro atoms. The quantitative estimate of drug-likeness (QED) is 0.649. The van der Waals surface area contributed by atoms with Crippen LogP contribution < -0.4 is 20.3 Å². The molecule has 1 aliphatic heterocycles. The number of hydrogen-bond acceptors (Lipinski definition) is 5. The Bertz CT molecular complexity index is 845. The van der Waals surface area contributed by atoms with Crippen molar-refractivity contribution in [2.24, 2.45) is 0 Å². The number of amides is 2. The molecule has 2 aromatic rings. The number of aromatic nitrogens is 1. The van der Waals surface area contributed by atoms with Gasteiger partial charge in [0.25, 0.3) is 5.91 Å². The number of hydrogen-bond donors (Lipinski definition) is 2. The minimum absolute atomic E-state index is 0.0295. The van der Waals surface area contributed by atoms with Crippen LogP contribution in [0.5, 0.6) is 5.75 Å². The molecule has 0 atom stereocenters. The second-order valence-corrected chi connectivity index (χ2v) is 7.17. The summed E-state index contributed by atoms with van der Waals surface area (Å²) in [6.07, 6.45) is 1.56. The van der Waals surface area contributed by atoms with Gasteiger partial charge in [-0.3, -0.25) is 9.59 Å². The predicted molar refractivity (Wildman–Crippen MR) is 108 cm³/mol. The van der Waals surface area contributed by atoms with Gasteiger partial charge in [-0.25, -0.2) is 4.98 Å². The van der Waals surface area contributed by atoms with Crippen molar-refractivity contribution >= 4 is 57.5 Å². The number of ether oxygens (including phenoxy) is 1. The van der Waals surface area contributed by atoms with Gasteiger partial charge in [-0.05, 0) is 46.9 Å². The summed E-state index contributed by atoms with van der Waals surface area (Å²) in [6, 6.07) is 6.80. The maximum atomic E-state index is 12.5. The second kappa shape index (κ2) is 8.09. The molecular weight excluding hydrogens is 471 g/mol. The van der Waals surface area contributed by atoms with E-state index in [2.05, 4.69) is 38.2 Å². The Labute approximate surface area is 169 Å². The fraction of sp³-hybridized carbons (Fsp3) is 0.235. The number of pyridine rings is 1. The zero-order chi connectivity index (χ0) is 18.7. The monoisotopic (exact) mass is 486 g/mol. The highest BCUT2D eigenvalue weighted by molar-refractivity contribution is 14.1.